The first-order valence-corrected chi connectivity index (χ1v) is 10.2. The van der Waals surface area contributed by atoms with Crippen molar-refractivity contribution in [3.05, 3.63) is 88.5 Å². The molecule has 29 heavy (non-hydrogen) atoms. The van der Waals surface area contributed by atoms with Gasteiger partial charge in [0, 0.05) is 4.47 Å². The van der Waals surface area contributed by atoms with E-state index in [9.17, 15) is 0 Å². The number of methoxy groups -OCH3 is 1. The van der Waals surface area contributed by atoms with Crippen molar-refractivity contribution in [2.75, 3.05) is 13.7 Å². The van der Waals surface area contributed by atoms with Crippen LogP contribution in [0.3, 0.4) is 0 Å². The Labute approximate surface area is 177 Å². The van der Waals surface area contributed by atoms with Gasteiger partial charge in [0.15, 0.2) is 0 Å². The maximum Gasteiger partial charge on any atom is 0.203 e. The van der Waals surface area contributed by atoms with Crippen molar-refractivity contribution in [2.24, 2.45) is 0 Å². The lowest BCUT2D eigenvalue weighted by molar-refractivity contribution is 0.296. The van der Waals surface area contributed by atoms with E-state index >= 15 is 0 Å². The quantitative estimate of drug-likeness (QED) is 0.437. The molecule has 0 spiro atoms. The maximum absolute atomic E-state index is 8.75. The second-order valence-corrected chi connectivity index (χ2v) is 7.62. The van der Waals surface area contributed by atoms with E-state index in [2.05, 4.69) is 40.2 Å². The van der Waals surface area contributed by atoms with E-state index in [4.69, 9.17) is 14.9 Å². The van der Waals surface area contributed by atoms with Gasteiger partial charge in [-0.2, -0.15) is 0 Å². The Kier molecular flexibility index (Phi) is 5.71. The predicted octanol–water partition coefficient (Wildman–Crippen LogP) is 4.82. The highest BCUT2D eigenvalue weighted by atomic mass is 79.9. The standard InChI is InChI=1S/C23H22BrN3O2/c1-28-19-10-12-20(13-11-19)29-15-14-26-21-4-2-3-5-22(21)27(23(26)25)16-17-6-8-18(24)9-7-17/h2-13,25H,14-16H2,1H3. The molecule has 1 N–H and O–H groups in total. The van der Waals surface area contributed by atoms with Crippen LogP contribution in [0.25, 0.3) is 11.0 Å². The molecule has 1 heterocycles. The summed E-state index contributed by atoms with van der Waals surface area (Å²) in [6.45, 7) is 1.73. The summed E-state index contributed by atoms with van der Waals surface area (Å²) in [5.74, 6) is 1.59. The molecule has 0 aliphatic heterocycles. The Morgan fingerprint density at radius 1 is 0.828 bits per heavy atom. The molecular formula is C23H22BrN3O2. The Bertz CT molecular complexity index is 1160. The Hall–Kier alpha value is -2.99. The fraction of sp³-hybridized carbons (Fsp3) is 0.174. The van der Waals surface area contributed by atoms with Crippen LogP contribution in [0.1, 0.15) is 5.56 Å². The summed E-state index contributed by atoms with van der Waals surface area (Å²) < 4.78 is 16.1. The monoisotopic (exact) mass is 451 g/mol. The third kappa shape index (κ3) is 4.22. The number of nitrogens with one attached hydrogen (secondary N) is 1. The van der Waals surface area contributed by atoms with Crippen LogP contribution in [0.4, 0.5) is 0 Å². The Morgan fingerprint density at radius 3 is 2.10 bits per heavy atom. The SMILES string of the molecule is COc1ccc(OCCn2c(=N)n(Cc3ccc(Br)cc3)c3ccccc32)cc1. The number of halogens is 1. The summed E-state index contributed by atoms with van der Waals surface area (Å²) in [6, 6.07) is 23.9. The van der Waals surface area contributed by atoms with Crippen LogP contribution >= 0.6 is 15.9 Å². The summed E-state index contributed by atoms with van der Waals surface area (Å²) in [5.41, 5.74) is 3.70. The average molecular weight is 452 g/mol. The smallest absolute Gasteiger partial charge is 0.203 e. The fourth-order valence-electron chi connectivity index (χ4n) is 3.38. The van der Waals surface area contributed by atoms with Crippen LogP contribution < -0.4 is 15.1 Å². The molecule has 0 saturated heterocycles. The lowest BCUT2D eigenvalue weighted by Crippen LogP contribution is -2.27. The van der Waals surface area contributed by atoms with E-state index in [-0.39, 0.29) is 0 Å². The zero-order valence-corrected chi connectivity index (χ0v) is 17.7. The molecule has 0 atom stereocenters. The zero-order valence-electron chi connectivity index (χ0n) is 16.1. The minimum atomic E-state index is 0.465. The average Bonchev–Trinajstić information content (AvgIpc) is 3.02. The zero-order chi connectivity index (χ0) is 20.2. The molecule has 0 aliphatic rings. The van der Waals surface area contributed by atoms with Crippen LogP contribution in [0, 0.1) is 5.41 Å². The number of hydrogen-bond acceptors (Lipinski definition) is 3. The molecule has 1 aromatic heterocycles. The van der Waals surface area contributed by atoms with E-state index in [1.165, 1.54) is 0 Å². The highest BCUT2D eigenvalue weighted by Gasteiger charge is 2.11. The van der Waals surface area contributed by atoms with E-state index in [0.29, 0.717) is 25.3 Å². The first-order chi connectivity index (χ1) is 14.2. The first kappa shape index (κ1) is 19.3. The molecule has 3 aromatic carbocycles. The molecule has 0 saturated carbocycles. The summed E-state index contributed by atoms with van der Waals surface area (Å²) in [6.07, 6.45) is 0. The van der Waals surface area contributed by atoms with Crippen LogP contribution in [-0.2, 0) is 13.1 Å². The molecule has 0 unspecified atom stereocenters. The molecule has 0 radical (unpaired) electrons. The summed E-state index contributed by atoms with van der Waals surface area (Å²) in [4.78, 5) is 0. The molecule has 148 valence electrons. The molecule has 0 fully saturated rings. The van der Waals surface area contributed by atoms with Crippen molar-refractivity contribution in [1.29, 1.82) is 5.41 Å². The highest BCUT2D eigenvalue weighted by molar-refractivity contribution is 9.10. The minimum absolute atomic E-state index is 0.465. The van der Waals surface area contributed by atoms with Crippen LogP contribution in [0.5, 0.6) is 11.5 Å². The van der Waals surface area contributed by atoms with Gasteiger partial charge in [-0.15, -0.1) is 0 Å². The third-order valence-electron chi connectivity index (χ3n) is 4.87. The van der Waals surface area contributed by atoms with Gasteiger partial charge >= 0.3 is 0 Å². The number of fused-ring (bicyclic) bond motifs is 1. The van der Waals surface area contributed by atoms with Crippen molar-refractivity contribution >= 4 is 27.0 Å². The highest BCUT2D eigenvalue weighted by Crippen LogP contribution is 2.18. The second kappa shape index (κ2) is 8.57. The topological polar surface area (TPSA) is 52.2 Å². The molecule has 0 aliphatic carbocycles. The second-order valence-electron chi connectivity index (χ2n) is 6.70. The lowest BCUT2D eigenvalue weighted by atomic mass is 10.2. The molecule has 6 heteroatoms. The molecule has 0 bridgehead atoms. The number of rotatable bonds is 7. The van der Waals surface area contributed by atoms with E-state index in [0.717, 1.165) is 32.6 Å². The molecule has 5 nitrogen and oxygen atoms in total. The van der Waals surface area contributed by atoms with Crippen LogP contribution in [0.15, 0.2) is 77.3 Å². The summed E-state index contributed by atoms with van der Waals surface area (Å²) >= 11 is 3.48. The van der Waals surface area contributed by atoms with Gasteiger partial charge in [0.1, 0.15) is 18.1 Å². The van der Waals surface area contributed by atoms with Crippen LogP contribution in [0.2, 0.25) is 0 Å². The number of hydrogen-bond donors (Lipinski definition) is 1. The lowest BCUT2D eigenvalue weighted by Gasteiger charge is -2.09. The predicted molar refractivity (Wildman–Crippen MR) is 118 cm³/mol. The van der Waals surface area contributed by atoms with Crippen molar-refractivity contribution in [3.63, 3.8) is 0 Å². The summed E-state index contributed by atoms with van der Waals surface area (Å²) in [5, 5.41) is 8.75. The van der Waals surface area contributed by atoms with Crippen molar-refractivity contribution in [1.82, 2.24) is 9.13 Å². The Morgan fingerprint density at radius 2 is 1.45 bits per heavy atom. The normalized spacial score (nSPS) is 11.0. The third-order valence-corrected chi connectivity index (χ3v) is 5.40. The van der Waals surface area contributed by atoms with Gasteiger partial charge in [0.05, 0.1) is 31.2 Å². The van der Waals surface area contributed by atoms with Gasteiger partial charge in [0.2, 0.25) is 5.62 Å². The van der Waals surface area contributed by atoms with Gasteiger partial charge in [-0.25, -0.2) is 0 Å². The largest absolute Gasteiger partial charge is 0.497 e. The summed E-state index contributed by atoms with van der Waals surface area (Å²) in [7, 11) is 1.65. The maximum atomic E-state index is 8.75. The van der Waals surface area contributed by atoms with Gasteiger partial charge < -0.3 is 18.6 Å². The number of para-hydroxylation sites is 2. The molecule has 4 rings (SSSR count). The number of nitrogens with zero attached hydrogens (tertiary/aromatic N) is 2. The number of imidazole rings is 1. The first-order valence-electron chi connectivity index (χ1n) is 9.39. The minimum Gasteiger partial charge on any atom is -0.497 e. The number of ether oxygens (including phenoxy) is 2. The van der Waals surface area contributed by atoms with Crippen molar-refractivity contribution < 1.29 is 9.47 Å². The molecule has 0 amide bonds. The van der Waals surface area contributed by atoms with Crippen molar-refractivity contribution in [3.8, 4) is 11.5 Å². The van der Waals surface area contributed by atoms with Gasteiger partial charge in [-0.3, -0.25) is 5.41 Å². The van der Waals surface area contributed by atoms with Gasteiger partial charge in [-0.1, -0.05) is 40.2 Å². The number of benzene rings is 3. The Balaban J connectivity index is 1.56. The van der Waals surface area contributed by atoms with Gasteiger partial charge in [0.25, 0.3) is 0 Å². The molecule has 4 aromatic rings. The van der Waals surface area contributed by atoms with Crippen LogP contribution in [-0.4, -0.2) is 22.9 Å². The van der Waals surface area contributed by atoms with Crippen molar-refractivity contribution in [2.45, 2.75) is 13.1 Å². The fourth-order valence-corrected chi connectivity index (χ4v) is 3.64. The molecular weight excluding hydrogens is 430 g/mol. The van der Waals surface area contributed by atoms with Gasteiger partial charge in [-0.05, 0) is 54.1 Å². The van der Waals surface area contributed by atoms with E-state index in [1.807, 2.05) is 57.7 Å². The van der Waals surface area contributed by atoms with E-state index < -0.39 is 0 Å². The number of aromatic nitrogens is 2. The van der Waals surface area contributed by atoms with E-state index in [1.54, 1.807) is 7.11 Å².